The van der Waals surface area contributed by atoms with E-state index in [1.807, 2.05) is 6.07 Å². The molecule has 3 nitrogen and oxygen atoms in total. The second-order valence-electron chi connectivity index (χ2n) is 3.19. The van der Waals surface area contributed by atoms with E-state index in [-0.39, 0.29) is 16.0 Å². The van der Waals surface area contributed by atoms with Gasteiger partial charge in [0.25, 0.3) is 5.56 Å². The number of nitrogens with zero attached hydrogens (tertiary/aromatic N) is 1. The van der Waals surface area contributed by atoms with Gasteiger partial charge in [-0.3, -0.25) is 4.79 Å². The minimum absolute atomic E-state index is 0.129. The van der Waals surface area contributed by atoms with E-state index in [2.05, 4.69) is 4.98 Å². The van der Waals surface area contributed by atoms with Crippen LogP contribution in [-0.4, -0.2) is 4.98 Å². The van der Waals surface area contributed by atoms with Crippen LogP contribution in [0.15, 0.2) is 16.9 Å². The zero-order valence-corrected chi connectivity index (χ0v) is 7.56. The van der Waals surface area contributed by atoms with Crippen LogP contribution >= 0.6 is 11.6 Å². The fourth-order valence-electron chi connectivity index (χ4n) is 1.20. The normalized spacial score (nSPS) is 17.8. The van der Waals surface area contributed by atoms with Crippen LogP contribution in [0.25, 0.3) is 0 Å². The molecule has 1 N–H and O–H groups in total. The first-order chi connectivity index (χ1) is 6.15. The Morgan fingerprint density at radius 2 is 2.23 bits per heavy atom. The van der Waals surface area contributed by atoms with Gasteiger partial charge in [0.05, 0.1) is 4.87 Å². The topological polar surface area (TPSA) is 56.6 Å². The van der Waals surface area contributed by atoms with Crippen LogP contribution in [0.5, 0.6) is 0 Å². The molecule has 0 amide bonds. The summed E-state index contributed by atoms with van der Waals surface area (Å²) in [7, 11) is 0. The summed E-state index contributed by atoms with van der Waals surface area (Å²) in [6, 6.07) is 5.03. The number of alkyl halides is 1. The zero-order chi connectivity index (χ0) is 9.47. The molecule has 66 valence electrons. The zero-order valence-electron chi connectivity index (χ0n) is 6.80. The number of aromatic nitrogens is 1. The van der Waals surface area contributed by atoms with Crippen molar-refractivity contribution in [3.05, 3.63) is 33.7 Å². The molecular weight excluding hydrogens is 188 g/mol. The van der Waals surface area contributed by atoms with Crippen LogP contribution in [0.4, 0.5) is 0 Å². The first kappa shape index (κ1) is 8.33. The fourth-order valence-corrected chi connectivity index (χ4v) is 1.41. The Morgan fingerprint density at radius 3 is 2.69 bits per heavy atom. The molecule has 0 spiro atoms. The molecule has 0 radical (unpaired) electrons. The lowest BCUT2D eigenvalue weighted by Gasteiger charge is -2.04. The number of nitriles is 1. The van der Waals surface area contributed by atoms with Crippen molar-refractivity contribution < 1.29 is 0 Å². The molecule has 1 heterocycles. The third-order valence-corrected chi connectivity index (χ3v) is 2.78. The summed E-state index contributed by atoms with van der Waals surface area (Å²) in [5, 5.41) is 8.52. The van der Waals surface area contributed by atoms with Crippen LogP contribution in [-0.2, 0) is 4.87 Å². The first-order valence-corrected chi connectivity index (χ1v) is 4.36. The number of aromatic amines is 1. The molecule has 0 aliphatic heterocycles. The van der Waals surface area contributed by atoms with Crippen molar-refractivity contribution in [2.75, 3.05) is 0 Å². The number of hydrogen-bond acceptors (Lipinski definition) is 2. The van der Waals surface area contributed by atoms with E-state index in [4.69, 9.17) is 16.9 Å². The van der Waals surface area contributed by atoms with Gasteiger partial charge >= 0.3 is 0 Å². The van der Waals surface area contributed by atoms with Crippen molar-refractivity contribution >= 4 is 11.6 Å². The van der Waals surface area contributed by atoms with Gasteiger partial charge in [-0.05, 0) is 25.0 Å². The first-order valence-electron chi connectivity index (χ1n) is 3.98. The third kappa shape index (κ3) is 1.34. The van der Waals surface area contributed by atoms with Gasteiger partial charge in [-0.2, -0.15) is 5.26 Å². The predicted molar refractivity (Wildman–Crippen MR) is 48.5 cm³/mol. The molecule has 0 aromatic carbocycles. The molecule has 1 aliphatic rings. The number of hydrogen-bond donors (Lipinski definition) is 1. The Bertz CT molecular complexity index is 440. The van der Waals surface area contributed by atoms with Crippen molar-refractivity contribution in [2.45, 2.75) is 17.7 Å². The van der Waals surface area contributed by atoms with Crippen LogP contribution in [0.3, 0.4) is 0 Å². The van der Waals surface area contributed by atoms with Crippen molar-refractivity contribution in [1.29, 1.82) is 5.26 Å². The van der Waals surface area contributed by atoms with E-state index in [9.17, 15) is 4.79 Å². The Morgan fingerprint density at radius 1 is 1.54 bits per heavy atom. The standard InChI is InChI=1S/C9H7ClN2O/c10-9(3-4-9)7-2-1-6(5-11)8(13)12-7/h1-2H,3-4H2,(H,12,13). The molecule has 1 aromatic rings. The van der Waals surface area contributed by atoms with Crippen LogP contribution in [0.1, 0.15) is 24.1 Å². The number of halogens is 1. The van der Waals surface area contributed by atoms with Crippen LogP contribution in [0.2, 0.25) is 0 Å². The summed E-state index contributed by atoms with van der Waals surface area (Å²) >= 11 is 6.08. The second-order valence-corrected chi connectivity index (χ2v) is 3.92. The second kappa shape index (κ2) is 2.61. The summed E-state index contributed by atoms with van der Waals surface area (Å²) < 4.78 is 0. The molecule has 13 heavy (non-hydrogen) atoms. The van der Waals surface area contributed by atoms with Gasteiger partial charge in [0.1, 0.15) is 11.6 Å². The van der Waals surface area contributed by atoms with Crippen molar-refractivity contribution in [1.82, 2.24) is 4.98 Å². The van der Waals surface area contributed by atoms with Crippen molar-refractivity contribution in [2.24, 2.45) is 0 Å². The highest BCUT2D eigenvalue weighted by Gasteiger charge is 2.43. The molecular formula is C9H7ClN2O. The number of nitrogens with one attached hydrogen (secondary N) is 1. The van der Waals surface area contributed by atoms with Crippen molar-refractivity contribution in [3.8, 4) is 6.07 Å². The van der Waals surface area contributed by atoms with E-state index in [1.165, 1.54) is 6.07 Å². The Hall–Kier alpha value is -1.27. The molecule has 0 bridgehead atoms. The lowest BCUT2D eigenvalue weighted by Crippen LogP contribution is -2.14. The highest BCUT2D eigenvalue weighted by molar-refractivity contribution is 6.25. The van der Waals surface area contributed by atoms with Gasteiger partial charge in [-0.1, -0.05) is 0 Å². The van der Waals surface area contributed by atoms with Gasteiger partial charge in [0.15, 0.2) is 0 Å². The molecule has 0 saturated heterocycles. The van der Waals surface area contributed by atoms with Gasteiger partial charge < -0.3 is 4.98 Å². The highest BCUT2D eigenvalue weighted by atomic mass is 35.5. The quantitative estimate of drug-likeness (QED) is 0.689. The number of H-pyrrole nitrogens is 1. The molecule has 4 heteroatoms. The minimum atomic E-state index is -0.368. The van der Waals surface area contributed by atoms with E-state index in [0.717, 1.165) is 18.5 Å². The molecule has 1 fully saturated rings. The average molecular weight is 195 g/mol. The van der Waals surface area contributed by atoms with E-state index < -0.39 is 0 Å². The van der Waals surface area contributed by atoms with Gasteiger partial charge in [-0.15, -0.1) is 11.6 Å². The largest absolute Gasteiger partial charge is 0.323 e. The third-order valence-electron chi connectivity index (χ3n) is 2.20. The number of rotatable bonds is 1. The maximum absolute atomic E-state index is 11.2. The van der Waals surface area contributed by atoms with Gasteiger partial charge in [0, 0.05) is 5.69 Å². The number of pyridine rings is 1. The SMILES string of the molecule is N#Cc1ccc(C2(Cl)CC2)[nH]c1=O. The lowest BCUT2D eigenvalue weighted by atomic mass is 10.2. The summed E-state index contributed by atoms with van der Waals surface area (Å²) in [4.78, 5) is 13.5. The maximum Gasteiger partial charge on any atom is 0.266 e. The monoisotopic (exact) mass is 194 g/mol. The van der Waals surface area contributed by atoms with Gasteiger partial charge in [-0.25, -0.2) is 0 Å². The van der Waals surface area contributed by atoms with Crippen LogP contribution in [0, 0.1) is 11.3 Å². The molecule has 0 unspecified atom stereocenters. The lowest BCUT2D eigenvalue weighted by molar-refractivity contribution is 0.920. The fraction of sp³-hybridized carbons (Fsp3) is 0.333. The molecule has 2 rings (SSSR count). The minimum Gasteiger partial charge on any atom is -0.323 e. The summed E-state index contributed by atoms with van der Waals surface area (Å²) in [6.07, 6.45) is 1.77. The van der Waals surface area contributed by atoms with E-state index >= 15 is 0 Å². The molecule has 1 saturated carbocycles. The van der Waals surface area contributed by atoms with Crippen molar-refractivity contribution in [3.63, 3.8) is 0 Å². The Balaban J connectivity index is 2.49. The Labute approximate surface area is 80.0 Å². The molecule has 1 aliphatic carbocycles. The highest BCUT2D eigenvalue weighted by Crippen LogP contribution is 2.50. The molecule has 0 atom stereocenters. The van der Waals surface area contributed by atoms with Crippen LogP contribution < -0.4 is 5.56 Å². The van der Waals surface area contributed by atoms with E-state index in [1.54, 1.807) is 6.07 Å². The summed E-state index contributed by atoms with van der Waals surface area (Å²) in [5.74, 6) is 0. The smallest absolute Gasteiger partial charge is 0.266 e. The summed E-state index contributed by atoms with van der Waals surface area (Å²) in [5.41, 5.74) is 0.495. The van der Waals surface area contributed by atoms with Gasteiger partial charge in [0.2, 0.25) is 0 Å². The molecule has 1 aromatic heterocycles. The summed E-state index contributed by atoms with van der Waals surface area (Å²) in [6.45, 7) is 0. The predicted octanol–water partition coefficient (Wildman–Crippen LogP) is 1.47. The Kier molecular flexibility index (Phi) is 1.67. The maximum atomic E-state index is 11.2. The van der Waals surface area contributed by atoms with E-state index in [0.29, 0.717) is 0 Å². The average Bonchev–Trinajstić information content (AvgIpc) is 2.85.